The van der Waals surface area contributed by atoms with E-state index in [0.717, 1.165) is 12.1 Å². The summed E-state index contributed by atoms with van der Waals surface area (Å²) in [5, 5.41) is 0. The molecule has 0 amide bonds. The van der Waals surface area contributed by atoms with E-state index in [0.29, 0.717) is 5.92 Å². The van der Waals surface area contributed by atoms with E-state index >= 15 is 0 Å². The summed E-state index contributed by atoms with van der Waals surface area (Å²) in [5.41, 5.74) is 1.12. The van der Waals surface area contributed by atoms with Gasteiger partial charge in [-0.25, -0.2) is 0 Å². The fourth-order valence-electron chi connectivity index (χ4n) is 0.818. The molecule has 0 saturated carbocycles. The topological polar surface area (TPSA) is 25.2 Å². The van der Waals surface area contributed by atoms with Gasteiger partial charge in [-0.1, -0.05) is 13.8 Å². The molecular weight excluding hydrogens is 148 g/mol. The molecule has 2 heteroatoms. The zero-order valence-corrected chi connectivity index (χ0v) is 7.57. The summed E-state index contributed by atoms with van der Waals surface area (Å²) in [7, 11) is 0. The first-order chi connectivity index (χ1) is 5.79. The van der Waals surface area contributed by atoms with Crippen molar-refractivity contribution >= 4 is 6.21 Å². The molecule has 1 aromatic rings. The largest absolute Gasteiger partial charge is 0.292 e. The molecule has 0 N–H and O–H groups in total. The summed E-state index contributed by atoms with van der Waals surface area (Å²) in [6, 6.07) is 3.90. The fourth-order valence-corrected chi connectivity index (χ4v) is 0.818. The highest BCUT2D eigenvalue weighted by Crippen LogP contribution is 1.94. The van der Waals surface area contributed by atoms with Crippen molar-refractivity contribution in [2.75, 3.05) is 6.54 Å². The van der Waals surface area contributed by atoms with Gasteiger partial charge < -0.3 is 0 Å². The monoisotopic (exact) mass is 162 g/mol. The van der Waals surface area contributed by atoms with Gasteiger partial charge >= 0.3 is 0 Å². The van der Waals surface area contributed by atoms with Crippen LogP contribution in [0, 0.1) is 5.92 Å². The van der Waals surface area contributed by atoms with Crippen LogP contribution in [0.5, 0.6) is 0 Å². The van der Waals surface area contributed by atoms with Gasteiger partial charge in [0.1, 0.15) is 0 Å². The van der Waals surface area contributed by atoms with Crippen molar-refractivity contribution < 1.29 is 0 Å². The first-order valence-corrected chi connectivity index (χ1v) is 4.19. The van der Waals surface area contributed by atoms with Crippen LogP contribution < -0.4 is 0 Å². The van der Waals surface area contributed by atoms with Gasteiger partial charge in [0, 0.05) is 25.2 Å². The third-order valence-electron chi connectivity index (χ3n) is 1.42. The van der Waals surface area contributed by atoms with Crippen molar-refractivity contribution in [1.82, 2.24) is 4.98 Å². The van der Waals surface area contributed by atoms with Gasteiger partial charge in [0.25, 0.3) is 0 Å². The third-order valence-corrected chi connectivity index (χ3v) is 1.42. The van der Waals surface area contributed by atoms with Gasteiger partial charge in [0.15, 0.2) is 0 Å². The average Bonchev–Trinajstić information content (AvgIpc) is 2.05. The Morgan fingerprint density at radius 3 is 2.67 bits per heavy atom. The van der Waals surface area contributed by atoms with Crippen molar-refractivity contribution in [3.05, 3.63) is 30.1 Å². The van der Waals surface area contributed by atoms with Gasteiger partial charge in [0.05, 0.1) is 0 Å². The van der Waals surface area contributed by atoms with Gasteiger partial charge in [-0.05, 0) is 23.6 Å². The molecule has 1 heterocycles. The Labute approximate surface area is 73.4 Å². The van der Waals surface area contributed by atoms with Gasteiger partial charge in [-0.15, -0.1) is 0 Å². The molecule has 12 heavy (non-hydrogen) atoms. The molecule has 0 saturated heterocycles. The van der Waals surface area contributed by atoms with Crippen LogP contribution >= 0.6 is 0 Å². The molecule has 0 aliphatic carbocycles. The van der Waals surface area contributed by atoms with Crippen molar-refractivity contribution in [2.45, 2.75) is 13.8 Å². The molecule has 0 fully saturated rings. The van der Waals surface area contributed by atoms with Crippen LogP contribution in [0.25, 0.3) is 0 Å². The highest BCUT2D eigenvalue weighted by atomic mass is 14.7. The zero-order valence-electron chi connectivity index (χ0n) is 7.57. The molecule has 64 valence electrons. The molecule has 0 radical (unpaired) electrons. The van der Waals surface area contributed by atoms with Crippen LogP contribution in [-0.2, 0) is 0 Å². The van der Waals surface area contributed by atoms with Crippen molar-refractivity contribution in [1.29, 1.82) is 0 Å². The van der Waals surface area contributed by atoms with E-state index in [1.807, 2.05) is 18.3 Å². The Kier molecular flexibility index (Phi) is 3.45. The first-order valence-electron chi connectivity index (χ1n) is 4.19. The highest BCUT2D eigenvalue weighted by molar-refractivity contribution is 5.79. The normalized spacial score (nSPS) is 11.2. The van der Waals surface area contributed by atoms with E-state index in [9.17, 15) is 0 Å². The van der Waals surface area contributed by atoms with Crippen molar-refractivity contribution in [3.8, 4) is 0 Å². The minimum absolute atomic E-state index is 0.628. The van der Waals surface area contributed by atoms with Gasteiger partial charge in [0.2, 0.25) is 0 Å². The summed E-state index contributed by atoms with van der Waals surface area (Å²) >= 11 is 0. The van der Waals surface area contributed by atoms with E-state index in [-0.39, 0.29) is 0 Å². The first kappa shape index (κ1) is 8.91. The maximum atomic E-state index is 4.29. The number of nitrogens with zero attached hydrogens (tertiary/aromatic N) is 2. The SMILES string of the molecule is CC(C)CN=Cc1ccncc1. The average molecular weight is 162 g/mol. The zero-order chi connectivity index (χ0) is 8.81. The van der Waals surface area contributed by atoms with E-state index in [2.05, 4.69) is 23.8 Å². The van der Waals surface area contributed by atoms with Crippen LogP contribution in [0.1, 0.15) is 19.4 Å². The maximum Gasteiger partial charge on any atom is 0.0412 e. The summed E-state index contributed by atoms with van der Waals surface area (Å²) in [5.74, 6) is 0.628. The summed E-state index contributed by atoms with van der Waals surface area (Å²) < 4.78 is 0. The third kappa shape index (κ3) is 3.28. The highest BCUT2D eigenvalue weighted by Gasteiger charge is 1.88. The summed E-state index contributed by atoms with van der Waals surface area (Å²) in [6.07, 6.45) is 5.44. The lowest BCUT2D eigenvalue weighted by Crippen LogP contribution is -1.92. The Hall–Kier alpha value is -1.18. The number of pyridine rings is 1. The fraction of sp³-hybridized carbons (Fsp3) is 0.400. The minimum atomic E-state index is 0.628. The quantitative estimate of drug-likeness (QED) is 0.625. The second-order valence-corrected chi connectivity index (χ2v) is 3.17. The molecule has 1 rings (SSSR count). The van der Waals surface area contributed by atoms with Crippen LogP contribution in [0.15, 0.2) is 29.5 Å². The van der Waals surface area contributed by atoms with Gasteiger partial charge in [-0.2, -0.15) is 0 Å². The minimum Gasteiger partial charge on any atom is -0.292 e. The molecular formula is C10H14N2. The molecule has 0 bridgehead atoms. The number of aromatic nitrogens is 1. The van der Waals surface area contributed by atoms with E-state index in [4.69, 9.17) is 0 Å². The summed E-state index contributed by atoms with van der Waals surface area (Å²) in [6.45, 7) is 5.20. The van der Waals surface area contributed by atoms with Crippen molar-refractivity contribution in [2.24, 2.45) is 10.9 Å². The number of hydrogen-bond acceptors (Lipinski definition) is 2. The molecule has 0 aliphatic heterocycles. The van der Waals surface area contributed by atoms with E-state index in [1.54, 1.807) is 12.4 Å². The van der Waals surface area contributed by atoms with Crippen LogP contribution in [0.4, 0.5) is 0 Å². The molecule has 0 aromatic carbocycles. The van der Waals surface area contributed by atoms with Gasteiger partial charge in [-0.3, -0.25) is 9.98 Å². The predicted molar refractivity (Wildman–Crippen MR) is 51.5 cm³/mol. The Morgan fingerprint density at radius 2 is 2.08 bits per heavy atom. The van der Waals surface area contributed by atoms with Crippen LogP contribution in [-0.4, -0.2) is 17.7 Å². The maximum absolute atomic E-state index is 4.29. The van der Waals surface area contributed by atoms with E-state index < -0.39 is 0 Å². The lowest BCUT2D eigenvalue weighted by Gasteiger charge is -1.96. The molecule has 0 atom stereocenters. The predicted octanol–water partition coefficient (Wildman–Crippen LogP) is 2.16. The molecule has 1 aromatic heterocycles. The molecule has 0 spiro atoms. The van der Waals surface area contributed by atoms with E-state index in [1.165, 1.54) is 0 Å². The lowest BCUT2D eigenvalue weighted by atomic mass is 10.2. The Bertz CT molecular complexity index is 239. The standard InChI is InChI=1S/C10H14N2/c1-9(2)7-12-8-10-3-5-11-6-4-10/h3-6,8-9H,7H2,1-2H3. The van der Waals surface area contributed by atoms with Crippen LogP contribution in [0.3, 0.4) is 0 Å². The number of rotatable bonds is 3. The molecule has 0 aliphatic rings. The van der Waals surface area contributed by atoms with Crippen molar-refractivity contribution in [3.63, 3.8) is 0 Å². The Morgan fingerprint density at radius 1 is 1.42 bits per heavy atom. The second kappa shape index (κ2) is 4.65. The molecule has 2 nitrogen and oxygen atoms in total. The lowest BCUT2D eigenvalue weighted by molar-refractivity contribution is 0.667. The smallest absolute Gasteiger partial charge is 0.0412 e. The summed E-state index contributed by atoms with van der Waals surface area (Å²) in [4.78, 5) is 8.22. The molecule has 0 unspecified atom stereocenters. The Balaban J connectivity index is 2.47. The number of hydrogen-bond donors (Lipinski definition) is 0. The second-order valence-electron chi connectivity index (χ2n) is 3.17. The number of aliphatic imine (C=N–C) groups is 1. The van der Waals surface area contributed by atoms with Crippen LogP contribution in [0.2, 0.25) is 0 Å².